The number of hydrogen-bond acceptors (Lipinski definition) is 3. The molecule has 2 rings (SSSR count). The third-order valence-corrected chi connectivity index (χ3v) is 3.04. The first-order valence-corrected chi connectivity index (χ1v) is 5.46. The Morgan fingerprint density at radius 1 is 1.59 bits per heavy atom. The van der Waals surface area contributed by atoms with Gasteiger partial charge in [0.25, 0.3) is 5.91 Å². The average Bonchev–Trinajstić information content (AvgIpc) is 3.09. The van der Waals surface area contributed by atoms with Gasteiger partial charge < -0.3 is 15.8 Å². The molecule has 1 aliphatic carbocycles. The van der Waals surface area contributed by atoms with Crippen LogP contribution in [0.25, 0.3) is 0 Å². The number of hydrogen-bond donors (Lipinski definition) is 2. The Labute approximate surface area is 98.9 Å². The molecule has 0 saturated heterocycles. The lowest BCUT2D eigenvalue weighted by molar-refractivity contribution is 0.0932. The minimum absolute atomic E-state index is 0.126. The maximum Gasteiger partial charge on any atom is 0.251 e. The predicted octanol–water partition coefficient (Wildman–Crippen LogP) is 1.06. The van der Waals surface area contributed by atoms with Gasteiger partial charge in [0.2, 0.25) is 0 Å². The summed E-state index contributed by atoms with van der Waals surface area (Å²) in [5.74, 6) is -0.714. The molecule has 1 fully saturated rings. The van der Waals surface area contributed by atoms with Crippen molar-refractivity contribution < 1.29 is 13.9 Å². The lowest BCUT2D eigenvalue weighted by Crippen LogP contribution is -2.42. The van der Waals surface area contributed by atoms with Crippen molar-refractivity contribution in [2.45, 2.75) is 18.4 Å². The van der Waals surface area contributed by atoms with Crippen molar-refractivity contribution >= 4 is 5.91 Å². The quantitative estimate of drug-likeness (QED) is 0.824. The van der Waals surface area contributed by atoms with E-state index < -0.39 is 5.82 Å². The van der Waals surface area contributed by atoms with E-state index >= 15 is 0 Å². The van der Waals surface area contributed by atoms with Gasteiger partial charge in [-0.3, -0.25) is 4.79 Å². The van der Waals surface area contributed by atoms with Crippen LogP contribution in [0.3, 0.4) is 0 Å². The van der Waals surface area contributed by atoms with Gasteiger partial charge in [-0.1, -0.05) is 0 Å². The van der Waals surface area contributed by atoms with Gasteiger partial charge in [0.1, 0.15) is 0 Å². The number of nitrogens with two attached hydrogens (primary N) is 1. The zero-order chi connectivity index (χ0) is 12.5. The molecule has 0 aliphatic heterocycles. The van der Waals surface area contributed by atoms with E-state index in [1.807, 2.05) is 0 Å². The number of ether oxygens (including phenoxy) is 1. The van der Waals surface area contributed by atoms with Crippen LogP contribution in [-0.4, -0.2) is 25.1 Å². The van der Waals surface area contributed by atoms with Crippen molar-refractivity contribution in [3.63, 3.8) is 0 Å². The third kappa shape index (κ3) is 2.39. The first-order valence-electron chi connectivity index (χ1n) is 5.46. The van der Waals surface area contributed by atoms with E-state index in [2.05, 4.69) is 5.32 Å². The summed E-state index contributed by atoms with van der Waals surface area (Å²) in [7, 11) is 1.38. The molecule has 0 heterocycles. The van der Waals surface area contributed by atoms with Crippen LogP contribution in [0, 0.1) is 5.82 Å². The minimum Gasteiger partial charge on any atom is -0.494 e. The third-order valence-electron chi connectivity index (χ3n) is 3.04. The lowest BCUT2D eigenvalue weighted by atomic mass is 10.1. The standard InChI is InChI=1S/C12H15FN2O2/c1-17-10-3-2-8(6-9(10)13)11(16)15-12(7-14)4-5-12/h2-3,6H,4-5,7,14H2,1H3,(H,15,16). The van der Waals surface area contributed by atoms with E-state index in [0.29, 0.717) is 6.54 Å². The Morgan fingerprint density at radius 3 is 2.76 bits per heavy atom. The number of nitrogens with one attached hydrogen (secondary N) is 1. The second kappa shape index (κ2) is 4.33. The van der Waals surface area contributed by atoms with Crippen molar-refractivity contribution in [2.75, 3.05) is 13.7 Å². The van der Waals surface area contributed by atoms with Gasteiger partial charge in [-0.2, -0.15) is 0 Å². The van der Waals surface area contributed by atoms with Gasteiger partial charge >= 0.3 is 0 Å². The van der Waals surface area contributed by atoms with Crippen LogP contribution in [0.1, 0.15) is 23.2 Å². The molecule has 17 heavy (non-hydrogen) atoms. The second-order valence-electron chi connectivity index (χ2n) is 4.29. The maximum absolute atomic E-state index is 13.4. The smallest absolute Gasteiger partial charge is 0.251 e. The van der Waals surface area contributed by atoms with Gasteiger partial charge in [0, 0.05) is 12.1 Å². The molecule has 92 valence electrons. The molecule has 5 heteroatoms. The second-order valence-corrected chi connectivity index (χ2v) is 4.29. The number of amides is 1. The first-order chi connectivity index (χ1) is 8.10. The molecular formula is C12H15FN2O2. The van der Waals surface area contributed by atoms with Crippen molar-refractivity contribution in [3.05, 3.63) is 29.6 Å². The van der Waals surface area contributed by atoms with Gasteiger partial charge in [-0.05, 0) is 31.0 Å². The Bertz CT molecular complexity index is 444. The van der Waals surface area contributed by atoms with Crippen molar-refractivity contribution in [3.8, 4) is 5.75 Å². The normalized spacial score (nSPS) is 16.4. The summed E-state index contributed by atoms with van der Waals surface area (Å²) < 4.78 is 18.2. The zero-order valence-electron chi connectivity index (χ0n) is 9.63. The maximum atomic E-state index is 13.4. The Morgan fingerprint density at radius 2 is 2.29 bits per heavy atom. The molecule has 0 bridgehead atoms. The summed E-state index contributed by atoms with van der Waals surface area (Å²) >= 11 is 0. The fourth-order valence-electron chi connectivity index (χ4n) is 1.65. The molecule has 0 spiro atoms. The highest BCUT2D eigenvalue weighted by Gasteiger charge is 2.42. The van der Waals surface area contributed by atoms with Crippen LogP contribution >= 0.6 is 0 Å². The predicted molar refractivity (Wildman–Crippen MR) is 61.4 cm³/mol. The monoisotopic (exact) mass is 238 g/mol. The van der Waals surface area contributed by atoms with Gasteiger partial charge in [-0.25, -0.2) is 4.39 Å². The number of halogens is 1. The highest BCUT2D eigenvalue weighted by atomic mass is 19.1. The SMILES string of the molecule is COc1ccc(C(=O)NC2(CN)CC2)cc1F. The number of carbonyl (C=O) groups excluding carboxylic acids is 1. The number of carbonyl (C=O) groups is 1. The van der Waals surface area contributed by atoms with E-state index in [1.54, 1.807) is 0 Å². The number of methoxy groups -OCH3 is 1. The summed E-state index contributed by atoms with van der Waals surface area (Å²) in [6.45, 7) is 0.414. The van der Waals surface area contributed by atoms with Crippen LogP contribution in [0.2, 0.25) is 0 Å². The van der Waals surface area contributed by atoms with Crippen LogP contribution in [-0.2, 0) is 0 Å². The van der Waals surface area contributed by atoms with Crippen molar-refractivity contribution in [1.29, 1.82) is 0 Å². The molecule has 0 radical (unpaired) electrons. The average molecular weight is 238 g/mol. The molecular weight excluding hydrogens is 223 g/mol. The Hall–Kier alpha value is -1.62. The summed E-state index contributed by atoms with van der Waals surface area (Å²) in [6.07, 6.45) is 1.77. The van der Waals surface area contributed by atoms with Gasteiger partial charge in [0.15, 0.2) is 11.6 Å². The summed E-state index contributed by atoms with van der Waals surface area (Å²) in [5.41, 5.74) is 5.57. The molecule has 4 nitrogen and oxygen atoms in total. The van der Waals surface area contributed by atoms with Crippen LogP contribution in [0.4, 0.5) is 4.39 Å². The fraction of sp³-hybridized carbons (Fsp3) is 0.417. The largest absolute Gasteiger partial charge is 0.494 e. The highest BCUT2D eigenvalue weighted by Crippen LogP contribution is 2.34. The molecule has 0 atom stereocenters. The number of rotatable bonds is 4. The van der Waals surface area contributed by atoms with E-state index in [9.17, 15) is 9.18 Å². The molecule has 1 aromatic rings. The fourth-order valence-corrected chi connectivity index (χ4v) is 1.65. The van der Waals surface area contributed by atoms with Crippen molar-refractivity contribution in [2.24, 2.45) is 5.73 Å². The van der Waals surface area contributed by atoms with Gasteiger partial charge in [-0.15, -0.1) is 0 Å². The highest BCUT2D eigenvalue weighted by molar-refractivity contribution is 5.95. The van der Waals surface area contributed by atoms with Crippen LogP contribution < -0.4 is 15.8 Å². The van der Waals surface area contributed by atoms with E-state index in [1.165, 1.54) is 25.3 Å². The molecule has 1 aromatic carbocycles. The molecule has 3 N–H and O–H groups in total. The van der Waals surface area contributed by atoms with Gasteiger partial charge in [0.05, 0.1) is 12.6 Å². The molecule has 0 unspecified atom stereocenters. The Kier molecular flexibility index (Phi) is 3.02. The summed E-state index contributed by atoms with van der Waals surface area (Å²) in [4.78, 5) is 11.8. The molecule has 1 amide bonds. The van der Waals surface area contributed by atoms with E-state index in [-0.39, 0.29) is 22.8 Å². The lowest BCUT2D eigenvalue weighted by Gasteiger charge is -2.15. The molecule has 1 aliphatic rings. The molecule has 1 saturated carbocycles. The summed E-state index contributed by atoms with van der Waals surface area (Å²) in [5, 5.41) is 2.83. The van der Waals surface area contributed by atoms with E-state index in [0.717, 1.165) is 12.8 Å². The first kappa shape index (κ1) is 11.9. The summed E-state index contributed by atoms with van der Waals surface area (Å²) in [6, 6.07) is 4.14. The zero-order valence-corrected chi connectivity index (χ0v) is 9.63. The van der Waals surface area contributed by atoms with Crippen LogP contribution in [0.15, 0.2) is 18.2 Å². The number of benzene rings is 1. The van der Waals surface area contributed by atoms with Crippen LogP contribution in [0.5, 0.6) is 5.75 Å². The topological polar surface area (TPSA) is 64.3 Å². The molecule has 0 aromatic heterocycles. The Balaban J connectivity index is 2.12. The minimum atomic E-state index is -0.544. The van der Waals surface area contributed by atoms with Crippen molar-refractivity contribution in [1.82, 2.24) is 5.32 Å². The van der Waals surface area contributed by atoms with E-state index in [4.69, 9.17) is 10.5 Å².